The zero-order chi connectivity index (χ0) is 19.5. The number of aromatic nitrogens is 4. The second-order valence-electron chi connectivity index (χ2n) is 6.85. The number of carbonyl (C=O) groups is 1. The summed E-state index contributed by atoms with van der Waals surface area (Å²) in [6, 6.07) is 7.17. The van der Waals surface area contributed by atoms with Crippen LogP contribution in [0.1, 0.15) is 31.4 Å². The minimum Gasteiger partial charge on any atom is -0.477 e. The number of pyridine rings is 1. The Balaban J connectivity index is 1.37. The van der Waals surface area contributed by atoms with Crippen molar-refractivity contribution < 1.29 is 9.53 Å². The highest BCUT2D eigenvalue weighted by atomic mass is 32.1. The van der Waals surface area contributed by atoms with Crippen LogP contribution in [0.5, 0.6) is 5.88 Å². The Hall–Kier alpha value is -2.52. The molecule has 0 saturated heterocycles. The monoisotopic (exact) mass is 415 g/mol. The number of aromatic amines is 1. The number of hydrogen-bond acceptors (Lipinski definition) is 6. The first-order valence-electron chi connectivity index (χ1n) is 9.18. The lowest BCUT2D eigenvalue weighted by molar-refractivity contribution is -0.124. The first-order valence-corrected chi connectivity index (χ1v) is 10.5. The highest BCUT2D eigenvalue weighted by molar-refractivity contribution is 7.71. The third kappa shape index (κ3) is 4.31. The Labute approximate surface area is 171 Å². The second-order valence-corrected chi connectivity index (χ2v) is 8.19. The molecule has 3 heterocycles. The quantitative estimate of drug-likeness (QED) is 0.548. The molecule has 28 heavy (non-hydrogen) atoms. The van der Waals surface area contributed by atoms with E-state index in [4.69, 9.17) is 17.0 Å². The average molecular weight is 416 g/mol. The molecule has 4 rings (SSSR count). The van der Waals surface area contributed by atoms with E-state index in [1.807, 2.05) is 36.6 Å². The smallest absolute Gasteiger partial charge is 0.243 e. The van der Waals surface area contributed by atoms with Crippen molar-refractivity contribution in [1.29, 1.82) is 0 Å². The summed E-state index contributed by atoms with van der Waals surface area (Å²) in [5, 5.41) is 12.0. The van der Waals surface area contributed by atoms with Crippen LogP contribution in [0.25, 0.3) is 10.7 Å². The Morgan fingerprint density at radius 2 is 2.32 bits per heavy atom. The fourth-order valence-corrected chi connectivity index (χ4v) is 3.79. The van der Waals surface area contributed by atoms with E-state index in [0.29, 0.717) is 28.9 Å². The number of thiophene rings is 1. The van der Waals surface area contributed by atoms with E-state index in [-0.39, 0.29) is 5.91 Å². The third-order valence-electron chi connectivity index (χ3n) is 4.64. The normalized spacial score (nSPS) is 14.6. The molecule has 1 aliphatic carbocycles. The maximum atomic E-state index is 12.7. The van der Waals surface area contributed by atoms with E-state index in [9.17, 15) is 4.79 Å². The molecule has 3 aromatic rings. The first-order chi connectivity index (χ1) is 13.6. The van der Waals surface area contributed by atoms with Crippen molar-refractivity contribution in [2.75, 3.05) is 6.61 Å². The van der Waals surface area contributed by atoms with Crippen molar-refractivity contribution in [3.8, 4) is 16.6 Å². The van der Waals surface area contributed by atoms with Crippen molar-refractivity contribution in [2.24, 2.45) is 5.92 Å². The summed E-state index contributed by atoms with van der Waals surface area (Å²) in [7, 11) is 0. The minimum absolute atomic E-state index is 0.135. The number of amides is 1. The van der Waals surface area contributed by atoms with Crippen LogP contribution < -0.4 is 10.1 Å². The van der Waals surface area contributed by atoms with Crippen LogP contribution >= 0.6 is 23.6 Å². The van der Waals surface area contributed by atoms with Gasteiger partial charge < -0.3 is 10.1 Å². The van der Waals surface area contributed by atoms with E-state index in [0.717, 1.165) is 17.0 Å². The standard InChI is InChI=1S/C19H21N5O2S2/c1-12(24-17(22-23-19(24)27)15-3-2-8-28-15)18(25)21-10-14-6-7-16(20-9-14)26-11-13-4-5-13/h2-3,6-9,12-13H,4-5,10-11H2,1H3,(H,21,25)(H,23,27). The van der Waals surface area contributed by atoms with Gasteiger partial charge in [-0.25, -0.2) is 4.98 Å². The van der Waals surface area contributed by atoms with Gasteiger partial charge in [0.05, 0.1) is 11.5 Å². The summed E-state index contributed by atoms with van der Waals surface area (Å²) < 4.78 is 7.80. The first kappa shape index (κ1) is 18.8. The predicted molar refractivity (Wildman–Crippen MR) is 110 cm³/mol. The van der Waals surface area contributed by atoms with Crippen molar-refractivity contribution >= 4 is 29.5 Å². The lowest BCUT2D eigenvalue weighted by atomic mass is 10.2. The SMILES string of the molecule is CC(C(=O)NCc1ccc(OCC2CC2)nc1)n1c(-c2cccs2)n[nH]c1=S. The molecule has 0 aliphatic heterocycles. The van der Waals surface area contributed by atoms with Crippen molar-refractivity contribution in [1.82, 2.24) is 25.1 Å². The molecule has 1 unspecified atom stereocenters. The van der Waals surface area contributed by atoms with Crippen LogP contribution in [0, 0.1) is 10.7 Å². The molecule has 0 aromatic carbocycles. The predicted octanol–water partition coefficient (Wildman–Crippen LogP) is 3.73. The fraction of sp³-hybridized carbons (Fsp3) is 0.368. The summed E-state index contributed by atoms with van der Waals surface area (Å²) >= 11 is 6.88. The third-order valence-corrected chi connectivity index (χ3v) is 5.79. The fourth-order valence-electron chi connectivity index (χ4n) is 2.79. The Morgan fingerprint density at radius 1 is 1.46 bits per heavy atom. The van der Waals surface area contributed by atoms with Gasteiger partial charge in [-0.1, -0.05) is 12.1 Å². The van der Waals surface area contributed by atoms with Gasteiger partial charge >= 0.3 is 0 Å². The van der Waals surface area contributed by atoms with Gasteiger partial charge in [-0.2, -0.15) is 5.10 Å². The van der Waals surface area contributed by atoms with Crippen LogP contribution in [0.4, 0.5) is 0 Å². The van der Waals surface area contributed by atoms with Crippen LogP contribution in [0.3, 0.4) is 0 Å². The Morgan fingerprint density at radius 3 is 3.00 bits per heavy atom. The number of H-pyrrole nitrogens is 1. The van der Waals surface area contributed by atoms with Gasteiger partial charge in [0.1, 0.15) is 6.04 Å². The van der Waals surface area contributed by atoms with Gasteiger partial charge in [-0.05, 0) is 54.9 Å². The van der Waals surface area contributed by atoms with Gasteiger partial charge in [0.2, 0.25) is 11.8 Å². The molecule has 2 N–H and O–H groups in total. The molecular formula is C19H21N5O2S2. The number of hydrogen-bond donors (Lipinski definition) is 2. The number of nitrogens with one attached hydrogen (secondary N) is 2. The van der Waals surface area contributed by atoms with E-state index < -0.39 is 6.04 Å². The zero-order valence-corrected chi connectivity index (χ0v) is 17.1. The molecule has 0 radical (unpaired) electrons. The summed E-state index contributed by atoms with van der Waals surface area (Å²) in [6.07, 6.45) is 4.22. The van der Waals surface area contributed by atoms with Crippen molar-refractivity contribution in [3.05, 3.63) is 46.2 Å². The van der Waals surface area contributed by atoms with E-state index in [2.05, 4.69) is 20.5 Å². The highest BCUT2D eigenvalue weighted by Crippen LogP contribution is 2.29. The maximum Gasteiger partial charge on any atom is 0.243 e. The van der Waals surface area contributed by atoms with Crippen LogP contribution in [0.15, 0.2) is 35.8 Å². The molecule has 1 saturated carbocycles. The van der Waals surface area contributed by atoms with E-state index >= 15 is 0 Å². The molecule has 1 aliphatic rings. The van der Waals surface area contributed by atoms with Crippen LogP contribution in [-0.2, 0) is 11.3 Å². The van der Waals surface area contributed by atoms with E-state index in [1.54, 1.807) is 22.1 Å². The molecule has 0 spiro atoms. The molecule has 1 amide bonds. The summed E-state index contributed by atoms with van der Waals surface area (Å²) in [5.41, 5.74) is 0.911. The van der Waals surface area contributed by atoms with Gasteiger partial charge in [0.25, 0.3) is 0 Å². The zero-order valence-electron chi connectivity index (χ0n) is 15.4. The summed E-state index contributed by atoms with van der Waals surface area (Å²) in [4.78, 5) is 17.9. The summed E-state index contributed by atoms with van der Waals surface area (Å²) in [5.74, 6) is 1.85. The van der Waals surface area contributed by atoms with Gasteiger partial charge in [-0.15, -0.1) is 11.3 Å². The number of nitrogens with zero attached hydrogens (tertiary/aromatic N) is 3. The van der Waals surface area contributed by atoms with Gasteiger partial charge in [0, 0.05) is 18.8 Å². The lowest BCUT2D eigenvalue weighted by Crippen LogP contribution is -2.31. The molecule has 1 fully saturated rings. The molecule has 9 heteroatoms. The maximum absolute atomic E-state index is 12.7. The Bertz CT molecular complexity index is 990. The van der Waals surface area contributed by atoms with Crippen molar-refractivity contribution in [2.45, 2.75) is 32.4 Å². The average Bonchev–Trinajstić information content (AvgIpc) is 3.22. The molecule has 3 aromatic heterocycles. The minimum atomic E-state index is -0.488. The van der Waals surface area contributed by atoms with Crippen LogP contribution in [0.2, 0.25) is 0 Å². The lowest BCUT2D eigenvalue weighted by Gasteiger charge is -2.15. The largest absolute Gasteiger partial charge is 0.477 e. The number of ether oxygens (including phenoxy) is 1. The molecule has 0 bridgehead atoms. The molecular weight excluding hydrogens is 394 g/mol. The number of carbonyl (C=O) groups excluding carboxylic acids is 1. The highest BCUT2D eigenvalue weighted by Gasteiger charge is 2.22. The van der Waals surface area contributed by atoms with Gasteiger partial charge in [-0.3, -0.25) is 14.5 Å². The van der Waals surface area contributed by atoms with Gasteiger partial charge in [0.15, 0.2) is 10.6 Å². The summed E-state index contributed by atoms with van der Waals surface area (Å²) in [6.45, 7) is 2.93. The Kier molecular flexibility index (Phi) is 5.54. The topological polar surface area (TPSA) is 84.8 Å². The molecule has 1 atom stereocenters. The van der Waals surface area contributed by atoms with E-state index in [1.165, 1.54) is 12.8 Å². The van der Waals surface area contributed by atoms with Crippen molar-refractivity contribution in [3.63, 3.8) is 0 Å². The number of rotatable bonds is 8. The second kappa shape index (κ2) is 8.24. The van der Waals surface area contributed by atoms with Crippen LogP contribution in [-0.4, -0.2) is 32.3 Å². The molecule has 7 nitrogen and oxygen atoms in total. The molecule has 146 valence electrons.